The van der Waals surface area contributed by atoms with Crippen molar-refractivity contribution in [3.63, 3.8) is 0 Å². The second kappa shape index (κ2) is 8.49. The number of fused-ring (bicyclic) bond motifs is 1. The minimum Gasteiger partial charge on any atom is -0.465 e. The Morgan fingerprint density at radius 3 is 2.69 bits per heavy atom. The Balaban J connectivity index is 1.62. The highest BCUT2D eigenvalue weighted by Gasteiger charge is 2.13. The summed E-state index contributed by atoms with van der Waals surface area (Å²) in [6, 6.07) is 17.9. The lowest BCUT2D eigenvalue weighted by Crippen LogP contribution is -2.04. The smallest absolute Gasteiger partial charge is 0.337 e. The van der Waals surface area contributed by atoms with Crippen molar-refractivity contribution < 1.29 is 9.53 Å². The van der Waals surface area contributed by atoms with Gasteiger partial charge in [-0.2, -0.15) is 0 Å². The normalized spacial score (nSPS) is 11.0. The molecule has 0 saturated heterocycles. The maximum Gasteiger partial charge on any atom is 0.337 e. The molecule has 146 valence electrons. The van der Waals surface area contributed by atoms with E-state index >= 15 is 0 Å². The molecule has 0 unspecified atom stereocenters. The maximum absolute atomic E-state index is 11.7. The second-order valence-corrected chi connectivity index (χ2v) is 7.75. The summed E-state index contributed by atoms with van der Waals surface area (Å²) < 4.78 is 6.95. The fraction of sp³-hybridized carbons (Fsp3) is 0.174. The molecule has 5 nitrogen and oxygen atoms in total. The molecule has 4 aromatic rings. The van der Waals surface area contributed by atoms with Crippen LogP contribution in [0.1, 0.15) is 27.0 Å². The summed E-state index contributed by atoms with van der Waals surface area (Å²) in [4.78, 5) is 20.8. The number of methoxy groups -OCH3 is 1. The van der Waals surface area contributed by atoms with E-state index in [-0.39, 0.29) is 5.97 Å². The van der Waals surface area contributed by atoms with E-state index in [1.165, 1.54) is 18.2 Å². The first-order chi connectivity index (χ1) is 14.1. The molecule has 0 aliphatic heterocycles. The van der Waals surface area contributed by atoms with E-state index in [1.807, 2.05) is 24.4 Å². The number of carbonyl (C=O) groups is 1. The van der Waals surface area contributed by atoms with Crippen LogP contribution in [0.3, 0.4) is 0 Å². The fourth-order valence-electron chi connectivity index (χ4n) is 3.21. The molecule has 0 aliphatic rings. The summed E-state index contributed by atoms with van der Waals surface area (Å²) in [5, 5.41) is 0.951. The van der Waals surface area contributed by atoms with Crippen molar-refractivity contribution in [3.8, 4) is 0 Å². The van der Waals surface area contributed by atoms with Crippen molar-refractivity contribution in [2.24, 2.45) is 0 Å². The van der Waals surface area contributed by atoms with Crippen LogP contribution in [0.15, 0.2) is 72.1 Å². The number of carbonyl (C=O) groups excluding carboxylic acids is 1. The number of ether oxygens (including phenoxy) is 1. The third-order valence-electron chi connectivity index (χ3n) is 4.68. The molecule has 0 atom stereocenters. The maximum atomic E-state index is 11.7. The first-order valence-electron chi connectivity index (χ1n) is 9.30. The molecule has 0 saturated carbocycles. The summed E-state index contributed by atoms with van der Waals surface area (Å²) in [7, 11) is 1.39. The average molecular weight is 404 g/mol. The van der Waals surface area contributed by atoms with Crippen molar-refractivity contribution in [2.75, 3.05) is 7.11 Å². The van der Waals surface area contributed by atoms with E-state index in [9.17, 15) is 4.79 Å². The Kier molecular flexibility index (Phi) is 5.62. The molecule has 4 rings (SSSR count). The van der Waals surface area contributed by atoms with Crippen molar-refractivity contribution in [3.05, 3.63) is 89.2 Å². The van der Waals surface area contributed by atoms with Crippen LogP contribution in [0, 0.1) is 6.92 Å². The number of esters is 1. The third-order valence-corrected chi connectivity index (χ3v) is 5.73. The molecule has 0 N–H and O–H groups in total. The van der Waals surface area contributed by atoms with E-state index in [0.717, 1.165) is 27.5 Å². The van der Waals surface area contributed by atoms with Crippen molar-refractivity contribution in [1.82, 2.24) is 14.5 Å². The molecular weight excluding hydrogens is 382 g/mol. The molecule has 2 heterocycles. The Morgan fingerprint density at radius 1 is 1.10 bits per heavy atom. The van der Waals surface area contributed by atoms with Gasteiger partial charge in [0.2, 0.25) is 0 Å². The molecule has 0 radical (unpaired) electrons. The number of imidazole rings is 1. The van der Waals surface area contributed by atoms with Gasteiger partial charge in [0.1, 0.15) is 0 Å². The lowest BCUT2D eigenvalue weighted by molar-refractivity contribution is 0.0600. The standard InChI is InChI=1S/C23H21N3O2S/c1-16-4-3-5-18(12-16)15-29-23-25-20-10-11-24-13-21(20)26(23)14-17-6-8-19(9-7-17)22(27)28-2/h3-13H,14-15H2,1-2H3. The summed E-state index contributed by atoms with van der Waals surface area (Å²) in [6.07, 6.45) is 3.61. The van der Waals surface area contributed by atoms with E-state index in [2.05, 4.69) is 40.7 Å². The predicted octanol–water partition coefficient (Wildman–Crippen LogP) is 4.87. The van der Waals surface area contributed by atoms with Crippen LogP contribution in [0.25, 0.3) is 11.0 Å². The summed E-state index contributed by atoms with van der Waals surface area (Å²) in [5.41, 5.74) is 6.08. The molecule has 6 heteroatoms. The number of aryl methyl sites for hydroxylation is 1. The third kappa shape index (κ3) is 4.32. The molecule has 0 aliphatic carbocycles. The number of nitrogens with zero attached hydrogens (tertiary/aromatic N) is 3. The number of pyridine rings is 1. The number of benzene rings is 2. The molecule has 0 bridgehead atoms. The SMILES string of the molecule is COC(=O)c1ccc(Cn2c(SCc3cccc(C)c3)nc3ccncc32)cc1. The average Bonchev–Trinajstić information content (AvgIpc) is 3.10. The van der Waals surface area contributed by atoms with Gasteiger partial charge in [0.15, 0.2) is 5.16 Å². The van der Waals surface area contributed by atoms with Gasteiger partial charge in [-0.15, -0.1) is 0 Å². The van der Waals surface area contributed by atoms with Crippen LogP contribution in [0.2, 0.25) is 0 Å². The van der Waals surface area contributed by atoms with Crippen LogP contribution in [0.4, 0.5) is 0 Å². The van der Waals surface area contributed by atoms with Crippen LogP contribution in [-0.4, -0.2) is 27.6 Å². The Labute approximate surface area is 173 Å². The van der Waals surface area contributed by atoms with Crippen molar-refractivity contribution in [2.45, 2.75) is 24.4 Å². The zero-order valence-electron chi connectivity index (χ0n) is 16.3. The Morgan fingerprint density at radius 2 is 1.93 bits per heavy atom. The van der Waals surface area contributed by atoms with E-state index in [0.29, 0.717) is 12.1 Å². The van der Waals surface area contributed by atoms with Gasteiger partial charge < -0.3 is 9.30 Å². The molecule has 0 amide bonds. The van der Waals surface area contributed by atoms with Crippen LogP contribution in [-0.2, 0) is 17.0 Å². The Hall–Kier alpha value is -3.12. The summed E-state index contributed by atoms with van der Waals surface area (Å²) >= 11 is 1.72. The van der Waals surface area contributed by atoms with Gasteiger partial charge >= 0.3 is 5.97 Å². The van der Waals surface area contributed by atoms with Gasteiger partial charge in [-0.1, -0.05) is 53.7 Å². The lowest BCUT2D eigenvalue weighted by Gasteiger charge is -2.10. The number of thioether (sulfide) groups is 1. The lowest BCUT2D eigenvalue weighted by atomic mass is 10.1. The minimum atomic E-state index is -0.330. The molecule has 0 fully saturated rings. The number of hydrogen-bond donors (Lipinski definition) is 0. The highest BCUT2D eigenvalue weighted by atomic mass is 32.2. The molecule has 0 spiro atoms. The monoisotopic (exact) mass is 403 g/mol. The highest BCUT2D eigenvalue weighted by Crippen LogP contribution is 2.27. The first-order valence-corrected chi connectivity index (χ1v) is 10.3. The molecule has 2 aromatic carbocycles. The minimum absolute atomic E-state index is 0.330. The number of rotatable bonds is 6. The topological polar surface area (TPSA) is 57.0 Å². The quantitative estimate of drug-likeness (QED) is 0.340. The fourth-order valence-corrected chi connectivity index (χ4v) is 4.16. The van der Waals surface area contributed by atoms with Gasteiger partial charge in [-0.05, 0) is 36.2 Å². The first kappa shape index (κ1) is 19.2. The van der Waals surface area contributed by atoms with Gasteiger partial charge in [-0.25, -0.2) is 9.78 Å². The van der Waals surface area contributed by atoms with Gasteiger partial charge in [0, 0.05) is 11.9 Å². The summed E-state index contributed by atoms with van der Waals surface area (Å²) in [6.45, 7) is 2.76. The number of aromatic nitrogens is 3. The van der Waals surface area contributed by atoms with Gasteiger partial charge in [-0.3, -0.25) is 4.98 Å². The van der Waals surface area contributed by atoms with Crippen LogP contribution in [0.5, 0.6) is 0 Å². The second-order valence-electron chi connectivity index (χ2n) is 6.81. The van der Waals surface area contributed by atoms with Gasteiger partial charge in [0.05, 0.1) is 36.4 Å². The van der Waals surface area contributed by atoms with Crippen molar-refractivity contribution in [1.29, 1.82) is 0 Å². The van der Waals surface area contributed by atoms with Gasteiger partial charge in [0.25, 0.3) is 0 Å². The number of hydrogen-bond acceptors (Lipinski definition) is 5. The Bertz CT molecular complexity index is 1150. The zero-order valence-corrected chi connectivity index (χ0v) is 17.1. The zero-order chi connectivity index (χ0) is 20.2. The van der Waals surface area contributed by atoms with E-state index < -0.39 is 0 Å². The van der Waals surface area contributed by atoms with E-state index in [1.54, 1.807) is 30.1 Å². The molecular formula is C23H21N3O2S. The molecule has 2 aromatic heterocycles. The van der Waals surface area contributed by atoms with Crippen LogP contribution >= 0.6 is 11.8 Å². The molecule has 29 heavy (non-hydrogen) atoms. The van der Waals surface area contributed by atoms with Crippen molar-refractivity contribution >= 4 is 28.8 Å². The van der Waals surface area contributed by atoms with Crippen LogP contribution < -0.4 is 0 Å². The highest BCUT2D eigenvalue weighted by molar-refractivity contribution is 7.98. The largest absolute Gasteiger partial charge is 0.465 e. The summed E-state index contributed by atoms with van der Waals surface area (Å²) in [5.74, 6) is 0.517. The predicted molar refractivity (Wildman–Crippen MR) is 115 cm³/mol. The van der Waals surface area contributed by atoms with E-state index in [4.69, 9.17) is 9.72 Å².